The van der Waals surface area contributed by atoms with E-state index in [4.69, 9.17) is 0 Å². The SMILES string of the molecule is C=C(C)CN(C)c1cc(CNC(C)C)cc(CC)n1. The van der Waals surface area contributed by atoms with E-state index in [0.29, 0.717) is 6.04 Å². The van der Waals surface area contributed by atoms with E-state index in [1.165, 1.54) is 5.56 Å². The third kappa shape index (κ3) is 5.43. The molecule has 19 heavy (non-hydrogen) atoms. The highest BCUT2D eigenvalue weighted by Gasteiger charge is 2.07. The van der Waals surface area contributed by atoms with E-state index in [1.807, 2.05) is 6.92 Å². The number of nitrogens with zero attached hydrogens (tertiary/aromatic N) is 2. The summed E-state index contributed by atoms with van der Waals surface area (Å²) in [5.41, 5.74) is 3.59. The standard InChI is InChI=1S/C16H27N3/c1-7-15-8-14(10-17-13(4)5)9-16(18-15)19(6)11-12(2)3/h8-9,13,17H,2,7,10-11H2,1,3-6H3. The predicted octanol–water partition coefficient (Wildman–Crippen LogP) is 3.15. The Morgan fingerprint density at radius 1 is 1.42 bits per heavy atom. The number of anilines is 1. The van der Waals surface area contributed by atoms with Crippen LogP contribution in [0.15, 0.2) is 24.3 Å². The van der Waals surface area contributed by atoms with Gasteiger partial charge in [-0.1, -0.05) is 32.9 Å². The zero-order chi connectivity index (χ0) is 14.4. The molecule has 0 aliphatic carbocycles. The molecule has 106 valence electrons. The number of pyridine rings is 1. The molecular weight excluding hydrogens is 234 g/mol. The minimum Gasteiger partial charge on any atom is -0.356 e. The fourth-order valence-corrected chi connectivity index (χ4v) is 1.92. The van der Waals surface area contributed by atoms with Crippen molar-refractivity contribution in [3.63, 3.8) is 0 Å². The van der Waals surface area contributed by atoms with Gasteiger partial charge in [-0.3, -0.25) is 0 Å². The van der Waals surface area contributed by atoms with Crippen molar-refractivity contribution in [3.8, 4) is 0 Å². The van der Waals surface area contributed by atoms with E-state index in [2.05, 4.69) is 61.7 Å². The number of aromatic nitrogens is 1. The third-order valence-corrected chi connectivity index (χ3v) is 2.90. The second-order valence-corrected chi connectivity index (χ2v) is 5.53. The lowest BCUT2D eigenvalue weighted by Crippen LogP contribution is -2.24. The van der Waals surface area contributed by atoms with Gasteiger partial charge < -0.3 is 10.2 Å². The van der Waals surface area contributed by atoms with Crippen molar-refractivity contribution in [2.75, 3.05) is 18.5 Å². The molecule has 1 aromatic rings. The van der Waals surface area contributed by atoms with Gasteiger partial charge in [0.15, 0.2) is 0 Å². The van der Waals surface area contributed by atoms with Crippen LogP contribution in [0.25, 0.3) is 0 Å². The van der Waals surface area contributed by atoms with E-state index >= 15 is 0 Å². The van der Waals surface area contributed by atoms with Crippen LogP contribution in [-0.2, 0) is 13.0 Å². The minimum absolute atomic E-state index is 0.495. The first kappa shape index (κ1) is 15.7. The second-order valence-electron chi connectivity index (χ2n) is 5.53. The number of hydrogen-bond donors (Lipinski definition) is 1. The lowest BCUT2D eigenvalue weighted by molar-refractivity contribution is 0.588. The first-order chi connectivity index (χ1) is 8.92. The Hall–Kier alpha value is -1.35. The summed E-state index contributed by atoms with van der Waals surface area (Å²) in [5.74, 6) is 1.03. The molecule has 1 heterocycles. The Balaban J connectivity index is 2.91. The van der Waals surface area contributed by atoms with Crippen LogP contribution in [0.3, 0.4) is 0 Å². The van der Waals surface area contributed by atoms with Gasteiger partial charge in [-0.15, -0.1) is 0 Å². The summed E-state index contributed by atoms with van der Waals surface area (Å²) in [6, 6.07) is 4.85. The topological polar surface area (TPSA) is 28.2 Å². The van der Waals surface area contributed by atoms with Crippen molar-refractivity contribution >= 4 is 5.82 Å². The molecule has 0 fully saturated rings. The van der Waals surface area contributed by atoms with Crippen molar-refractivity contribution in [2.24, 2.45) is 0 Å². The summed E-state index contributed by atoms with van der Waals surface area (Å²) < 4.78 is 0. The average Bonchev–Trinajstić information content (AvgIpc) is 2.35. The third-order valence-electron chi connectivity index (χ3n) is 2.90. The maximum absolute atomic E-state index is 4.69. The second kappa shape index (κ2) is 7.29. The molecule has 0 saturated carbocycles. The van der Waals surface area contributed by atoms with Crippen LogP contribution in [0.1, 0.15) is 39.0 Å². The zero-order valence-corrected chi connectivity index (χ0v) is 13.0. The van der Waals surface area contributed by atoms with Crippen LogP contribution in [0.4, 0.5) is 5.82 Å². The lowest BCUT2D eigenvalue weighted by atomic mass is 10.1. The molecule has 0 saturated heterocycles. The van der Waals surface area contributed by atoms with Crippen molar-refractivity contribution in [2.45, 2.75) is 46.7 Å². The van der Waals surface area contributed by atoms with Crippen LogP contribution >= 0.6 is 0 Å². The van der Waals surface area contributed by atoms with Crippen LogP contribution in [0.5, 0.6) is 0 Å². The summed E-state index contributed by atoms with van der Waals surface area (Å²) in [7, 11) is 2.07. The van der Waals surface area contributed by atoms with E-state index in [-0.39, 0.29) is 0 Å². The lowest BCUT2D eigenvalue weighted by Gasteiger charge is -2.20. The molecule has 1 N–H and O–H groups in total. The Kier molecular flexibility index (Phi) is 6.03. The molecule has 0 radical (unpaired) electrons. The van der Waals surface area contributed by atoms with Crippen molar-refractivity contribution < 1.29 is 0 Å². The molecule has 1 rings (SSSR count). The molecule has 0 atom stereocenters. The van der Waals surface area contributed by atoms with Gasteiger partial charge in [0, 0.05) is 31.9 Å². The number of likely N-dealkylation sites (N-methyl/N-ethyl adjacent to an activating group) is 1. The van der Waals surface area contributed by atoms with Crippen molar-refractivity contribution in [1.29, 1.82) is 0 Å². The molecule has 0 spiro atoms. The van der Waals surface area contributed by atoms with Crippen LogP contribution < -0.4 is 10.2 Å². The summed E-state index contributed by atoms with van der Waals surface area (Å²) >= 11 is 0. The molecule has 1 aromatic heterocycles. The molecule has 0 amide bonds. The van der Waals surface area contributed by atoms with E-state index in [9.17, 15) is 0 Å². The van der Waals surface area contributed by atoms with Gasteiger partial charge in [-0.25, -0.2) is 4.98 Å². The van der Waals surface area contributed by atoms with Gasteiger partial charge >= 0.3 is 0 Å². The van der Waals surface area contributed by atoms with Gasteiger partial charge in [-0.05, 0) is 31.0 Å². The molecule has 3 nitrogen and oxygen atoms in total. The largest absolute Gasteiger partial charge is 0.356 e. The number of hydrogen-bond acceptors (Lipinski definition) is 3. The number of nitrogens with one attached hydrogen (secondary N) is 1. The quantitative estimate of drug-likeness (QED) is 0.764. The molecule has 0 aromatic carbocycles. The summed E-state index contributed by atoms with van der Waals surface area (Å²) in [6.07, 6.45) is 0.962. The average molecular weight is 261 g/mol. The molecule has 0 unspecified atom stereocenters. The number of rotatable bonds is 7. The minimum atomic E-state index is 0.495. The van der Waals surface area contributed by atoms with Gasteiger partial charge in [0.1, 0.15) is 5.82 Å². The fourth-order valence-electron chi connectivity index (χ4n) is 1.92. The van der Waals surface area contributed by atoms with Crippen molar-refractivity contribution in [1.82, 2.24) is 10.3 Å². The van der Waals surface area contributed by atoms with Gasteiger partial charge in [-0.2, -0.15) is 0 Å². The zero-order valence-electron chi connectivity index (χ0n) is 13.0. The Labute approximate surface area is 117 Å². The molecule has 0 aliphatic heterocycles. The fraction of sp³-hybridized carbons (Fsp3) is 0.562. The van der Waals surface area contributed by atoms with Crippen LogP contribution in [-0.4, -0.2) is 24.6 Å². The maximum Gasteiger partial charge on any atom is 0.129 e. The Morgan fingerprint density at radius 2 is 2.11 bits per heavy atom. The van der Waals surface area contributed by atoms with Gasteiger partial charge in [0.2, 0.25) is 0 Å². The molecule has 0 aliphatic rings. The first-order valence-electron chi connectivity index (χ1n) is 7.01. The number of aryl methyl sites for hydroxylation is 1. The maximum atomic E-state index is 4.69. The van der Waals surface area contributed by atoms with Gasteiger partial charge in [0.25, 0.3) is 0 Å². The van der Waals surface area contributed by atoms with E-state index in [1.54, 1.807) is 0 Å². The smallest absolute Gasteiger partial charge is 0.129 e. The van der Waals surface area contributed by atoms with Crippen molar-refractivity contribution in [3.05, 3.63) is 35.5 Å². The highest BCUT2D eigenvalue weighted by atomic mass is 15.2. The predicted molar refractivity (Wildman–Crippen MR) is 83.7 cm³/mol. The summed E-state index contributed by atoms with van der Waals surface area (Å²) in [6.45, 7) is 14.2. The highest BCUT2D eigenvalue weighted by molar-refractivity contribution is 5.43. The van der Waals surface area contributed by atoms with E-state index < -0.39 is 0 Å². The highest BCUT2D eigenvalue weighted by Crippen LogP contribution is 2.15. The summed E-state index contributed by atoms with van der Waals surface area (Å²) in [5, 5.41) is 3.46. The summed E-state index contributed by atoms with van der Waals surface area (Å²) in [4.78, 5) is 6.84. The first-order valence-corrected chi connectivity index (χ1v) is 7.01. The molecule has 0 bridgehead atoms. The van der Waals surface area contributed by atoms with E-state index in [0.717, 1.165) is 36.6 Å². The van der Waals surface area contributed by atoms with Gasteiger partial charge in [0.05, 0.1) is 0 Å². The Bertz CT molecular complexity index is 424. The normalized spacial score (nSPS) is 10.8. The monoisotopic (exact) mass is 261 g/mol. The van der Waals surface area contributed by atoms with Crippen LogP contribution in [0, 0.1) is 0 Å². The molecular formula is C16H27N3. The molecule has 3 heteroatoms. The Morgan fingerprint density at radius 3 is 2.63 bits per heavy atom. The van der Waals surface area contributed by atoms with Crippen LogP contribution in [0.2, 0.25) is 0 Å².